The van der Waals surface area contributed by atoms with Crippen molar-refractivity contribution in [2.45, 2.75) is 0 Å². The average molecular weight is 374 g/mol. The van der Waals surface area contributed by atoms with Gasteiger partial charge in [-0.1, -0.05) is 11.6 Å². The Bertz CT molecular complexity index is 738. The number of benzene rings is 1. The molecule has 0 saturated carbocycles. The Balaban J connectivity index is 2.40. The summed E-state index contributed by atoms with van der Waals surface area (Å²) in [6.07, 6.45) is 0. The fourth-order valence-corrected chi connectivity index (χ4v) is 1.97. The Kier molecular flexibility index (Phi) is 4.39. The third-order valence-electron chi connectivity index (χ3n) is 2.36. The van der Waals surface area contributed by atoms with Crippen LogP contribution in [0, 0.1) is 10.1 Å². The quantitative estimate of drug-likeness (QED) is 0.495. The first-order chi connectivity index (χ1) is 9.86. The smallest absolute Gasteiger partial charge is 0.335 e. The largest absolute Gasteiger partial charge is 0.478 e. The lowest BCUT2D eigenvalue weighted by atomic mass is 10.2. The number of ether oxygens (including phenoxy) is 1. The van der Waals surface area contributed by atoms with Crippen molar-refractivity contribution in [3.8, 4) is 11.6 Å². The molecule has 7 nitrogen and oxygen atoms in total. The second kappa shape index (κ2) is 6.06. The van der Waals surface area contributed by atoms with E-state index < -0.39 is 10.9 Å². The van der Waals surface area contributed by atoms with E-state index in [1.807, 2.05) is 0 Å². The number of nitro groups is 1. The van der Waals surface area contributed by atoms with Gasteiger partial charge in [0.05, 0.1) is 21.0 Å². The summed E-state index contributed by atoms with van der Waals surface area (Å²) in [5, 5.41) is 19.6. The Morgan fingerprint density at radius 1 is 1.38 bits per heavy atom. The maximum absolute atomic E-state index is 10.9. The van der Waals surface area contributed by atoms with Gasteiger partial charge in [0, 0.05) is 12.1 Å². The predicted molar refractivity (Wildman–Crippen MR) is 77.1 cm³/mol. The number of carboxylic acids is 1. The van der Waals surface area contributed by atoms with Crippen molar-refractivity contribution in [1.29, 1.82) is 0 Å². The van der Waals surface area contributed by atoms with Crippen LogP contribution in [0.5, 0.6) is 11.6 Å². The molecule has 108 valence electrons. The van der Waals surface area contributed by atoms with Crippen LogP contribution in [0.2, 0.25) is 5.15 Å². The van der Waals surface area contributed by atoms with Gasteiger partial charge < -0.3 is 9.84 Å². The van der Waals surface area contributed by atoms with E-state index in [4.69, 9.17) is 21.4 Å². The Hall–Kier alpha value is -2.19. The fourth-order valence-electron chi connectivity index (χ4n) is 1.45. The molecule has 0 radical (unpaired) electrons. The van der Waals surface area contributed by atoms with E-state index in [-0.39, 0.29) is 28.0 Å². The summed E-state index contributed by atoms with van der Waals surface area (Å²) < 4.78 is 5.81. The van der Waals surface area contributed by atoms with Crippen molar-refractivity contribution < 1.29 is 19.6 Å². The van der Waals surface area contributed by atoms with E-state index in [2.05, 4.69) is 20.9 Å². The van der Waals surface area contributed by atoms with E-state index in [9.17, 15) is 14.9 Å². The third kappa shape index (κ3) is 3.67. The third-order valence-corrected chi connectivity index (χ3v) is 3.21. The zero-order valence-corrected chi connectivity index (χ0v) is 12.5. The first-order valence-corrected chi connectivity index (χ1v) is 6.56. The first-order valence-electron chi connectivity index (χ1n) is 5.39. The van der Waals surface area contributed by atoms with Crippen LogP contribution in [0.15, 0.2) is 34.8 Å². The molecular weight excluding hydrogens is 367 g/mol. The van der Waals surface area contributed by atoms with Crippen LogP contribution in [0.3, 0.4) is 0 Å². The molecule has 21 heavy (non-hydrogen) atoms. The molecule has 2 rings (SSSR count). The van der Waals surface area contributed by atoms with Gasteiger partial charge in [0.15, 0.2) is 5.75 Å². The molecule has 2 aromatic rings. The Morgan fingerprint density at radius 3 is 2.71 bits per heavy atom. The SMILES string of the molecule is O=C(O)c1cc(Cl)nc(Oc2cc([N+](=O)[O-])ccc2Br)c1. The van der Waals surface area contributed by atoms with Gasteiger partial charge in [-0.25, -0.2) is 9.78 Å². The molecule has 0 fully saturated rings. The van der Waals surface area contributed by atoms with E-state index >= 15 is 0 Å². The highest BCUT2D eigenvalue weighted by Crippen LogP contribution is 2.33. The number of aromatic carboxylic acids is 1. The number of non-ortho nitro benzene ring substituents is 1. The van der Waals surface area contributed by atoms with Crippen molar-refractivity contribution in [3.63, 3.8) is 0 Å². The number of carboxylic acid groups (broad SMARTS) is 1. The van der Waals surface area contributed by atoms with Gasteiger partial charge in [-0.3, -0.25) is 10.1 Å². The second-order valence-corrected chi connectivity index (χ2v) is 5.04. The molecule has 9 heteroatoms. The van der Waals surface area contributed by atoms with Gasteiger partial charge >= 0.3 is 5.97 Å². The highest BCUT2D eigenvalue weighted by molar-refractivity contribution is 9.10. The number of hydrogen-bond donors (Lipinski definition) is 1. The van der Waals surface area contributed by atoms with Gasteiger partial charge in [0.1, 0.15) is 5.15 Å². The second-order valence-electron chi connectivity index (χ2n) is 3.80. The molecule has 1 aromatic carbocycles. The van der Waals surface area contributed by atoms with Gasteiger partial charge in [-0.15, -0.1) is 0 Å². The molecule has 1 heterocycles. The molecule has 0 aliphatic carbocycles. The van der Waals surface area contributed by atoms with E-state index in [1.54, 1.807) is 0 Å². The monoisotopic (exact) mass is 372 g/mol. The van der Waals surface area contributed by atoms with Crippen LogP contribution in [-0.2, 0) is 0 Å². The summed E-state index contributed by atoms with van der Waals surface area (Å²) in [5.41, 5.74) is -0.278. The number of nitrogens with zero attached hydrogens (tertiary/aromatic N) is 2. The van der Waals surface area contributed by atoms with Crippen LogP contribution in [0.1, 0.15) is 10.4 Å². The minimum atomic E-state index is -1.19. The number of pyridine rings is 1. The average Bonchev–Trinajstić information content (AvgIpc) is 2.40. The van der Waals surface area contributed by atoms with Crippen LogP contribution < -0.4 is 4.74 Å². The van der Waals surface area contributed by atoms with Gasteiger partial charge in [0.2, 0.25) is 5.88 Å². The standard InChI is InChI=1S/C12H6BrClN2O5/c13-8-2-1-7(16(19)20)5-9(8)21-11-4-6(12(17)18)3-10(14)15-11/h1-5H,(H,17,18). The van der Waals surface area contributed by atoms with Crippen LogP contribution in [0.4, 0.5) is 5.69 Å². The summed E-state index contributed by atoms with van der Waals surface area (Å²) in [6, 6.07) is 6.26. The number of rotatable bonds is 4. The predicted octanol–water partition coefficient (Wildman–Crippen LogP) is 3.90. The Morgan fingerprint density at radius 2 is 2.10 bits per heavy atom. The van der Waals surface area contributed by atoms with E-state index in [0.717, 1.165) is 0 Å². The van der Waals surface area contributed by atoms with Crippen LogP contribution in [-0.4, -0.2) is 21.0 Å². The lowest BCUT2D eigenvalue weighted by Crippen LogP contribution is -1.99. The summed E-state index contributed by atoms with van der Waals surface area (Å²) in [4.78, 5) is 24.9. The van der Waals surface area contributed by atoms with Gasteiger partial charge in [0.25, 0.3) is 5.69 Å². The number of carbonyl (C=O) groups is 1. The maximum Gasteiger partial charge on any atom is 0.335 e. The lowest BCUT2D eigenvalue weighted by Gasteiger charge is -2.07. The molecule has 1 aromatic heterocycles. The first kappa shape index (κ1) is 15.2. The summed E-state index contributed by atoms with van der Waals surface area (Å²) in [6.45, 7) is 0. The van der Waals surface area contributed by atoms with Crippen molar-refractivity contribution >= 4 is 39.2 Å². The minimum absolute atomic E-state index is 0.0635. The summed E-state index contributed by atoms with van der Waals surface area (Å²) in [5.74, 6) is -1.15. The molecule has 0 atom stereocenters. The number of aromatic nitrogens is 1. The molecule has 0 aliphatic rings. The molecular formula is C12H6BrClN2O5. The molecule has 0 unspecified atom stereocenters. The number of halogens is 2. The summed E-state index contributed by atoms with van der Waals surface area (Å²) in [7, 11) is 0. The minimum Gasteiger partial charge on any atom is -0.478 e. The van der Waals surface area contributed by atoms with Gasteiger partial charge in [-0.2, -0.15) is 0 Å². The normalized spacial score (nSPS) is 10.2. The van der Waals surface area contributed by atoms with Crippen molar-refractivity contribution in [2.75, 3.05) is 0 Å². The highest BCUT2D eigenvalue weighted by Gasteiger charge is 2.14. The van der Waals surface area contributed by atoms with Crippen LogP contribution >= 0.6 is 27.5 Å². The maximum atomic E-state index is 10.9. The lowest BCUT2D eigenvalue weighted by molar-refractivity contribution is -0.384. The van der Waals surface area contributed by atoms with E-state index in [0.29, 0.717) is 4.47 Å². The van der Waals surface area contributed by atoms with Crippen molar-refractivity contribution in [2.24, 2.45) is 0 Å². The topological polar surface area (TPSA) is 103 Å². The van der Waals surface area contributed by atoms with Crippen LogP contribution in [0.25, 0.3) is 0 Å². The zero-order chi connectivity index (χ0) is 15.6. The molecule has 0 bridgehead atoms. The Labute approximate surface area is 131 Å². The fraction of sp³-hybridized carbons (Fsp3) is 0. The molecule has 1 N–H and O–H groups in total. The van der Waals surface area contributed by atoms with E-state index in [1.165, 1.54) is 30.3 Å². The zero-order valence-electron chi connectivity index (χ0n) is 10.1. The molecule has 0 aliphatic heterocycles. The molecule has 0 saturated heterocycles. The summed E-state index contributed by atoms with van der Waals surface area (Å²) >= 11 is 8.89. The van der Waals surface area contributed by atoms with Crippen molar-refractivity contribution in [1.82, 2.24) is 4.98 Å². The molecule has 0 spiro atoms. The van der Waals surface area contributed by atoms with Gasteiger partial charge in [-0.05, 0) is 28.1 Å². The number of hydrogen-bond acceptors (Lipinski definition) is 5. The van der Waals surface area contributed by atoms with Crippen molar-refractivity contribution in [3.05, 3.63) is 55.6 Å². The highest BCUT2D eigenvalue weighted by atomic mass is 79.9. The number of nitro benzene ring substituents is 1. The molecule has 0 amide bonds.